The summed E-state index contributed by atoms with van der Waals surface area (Å²) >= 11 is 14.0. The zero-order chi connectivity index (χ0) is 14.9. The van der Waals surface area contributed by atoms with Gasteiger partial charge in [-0.05, 0) is 12.1 Å². The molecule has 4 nitrogen and oxygen atoms in total. The summed E-state index contributed by atoms with van der Waals surface area (Å²) in [7, 11) is 0. The number of imidazole rings is 1. The van der Waals surface area contributed by atoms with Gasteiger partial charge in [-0.15, -0.1) is 11.8 Å². The Morgan fingerprint density at radius 3 is 2.95 bits per heavy atom. The highest BCUT2D eigenvalue weighted by atomic mass is 35.5. The molecule has 0 spiro atoms. The minimum Gasteiger partial charge on any atom is -0.394 e. The molecule has 7 heteroatoms. The minimum atomic E-state index is -0.643. The van der Waals surface area contributed by atoms with Gasteiger partial charge in [0.1, 0.15) is 0 Å². The second-order valence-electron chi connectivity index (χ2n) is 4.85. The molecule has 0 unspecified atom stereocenters. The maximum atomic E-state index is 9.37. The average molecular weight is 345 g/mol. The first-order valence-corrected chi connectivity index (χ1v) is 8.21. The van der Waals surface area contributed by atoms with E-state index in [2.05, 4.69) is 4.98 Å². The smallest absolute Gasteiger partial charge is 0.159 e. The second kappa shape index (κ2) is 6.18. The molecule has 1 N–H and O–H groups in total. The SMILES string of the molecule is OC[C@H]1CS[C@](Cn2ccnc2)(c2ccc(Cl)cc2Cl)O1. The van der Waals surface area contributed by atoms with E-state index in [0.717, 1.165) is 5.56 Å². The Morgan fingerprint density at radius 1 is 1.48 bits per heavy atom. The molecule has 1 aromatic heterocycles. The van der Waals surface area contributed by atoms with Gasteiger partial charge in [-0.25, -0.2) is 4.98 Å². The molecule has 1 aliphatic heterocycles. The molecular weight excluding hydrogens is 331 g/mol. The van der Waals surface area contributed by atoms with Crippen molar-refractivity contribution in [1.82, 2.24) is 9.55 Å². The van der Waals surface area contributed by atoms with Crippen LogP contribution in [0, 0.1) is 0 Å². The van der Waals surface area contributed by atoms with Crippen LogP contribution in [0.1, 0.15) is 5.56 Å². The first-order valence-electron chi connectivity index (χ1n) is 6.47. The monoisotopic (exact) mass is 344 g/mol. The molecule has 0 saturated carbocycles. The molecular formula is C14H14Cl2N2O2S. The topological polar surface area (TPSA) is 47.3 Å². The summed E-state index contributed by atoms with van der Waals surface area (Å²) in [5.41, 5.74) is 0.864. The number of thioether (sulfide) groups is 1. The molecule has 2 aromatic rings. The lowest BCUT2D eigenvalue weighted by Crippen LogP contribution is -2.30. The molecule has 0 amide bonds. The van der Waals surface area contributed by atoms with E-state index in [1.54, 1.807) is 36.4 Å². The number of rotatable bonds is 4. The molecule has 3 rings (SSSR count). The predicted octanol–water partition coefficient (Wildman–Crippen LogP) is 3.17. The summed E-state index contributed by atoms with van der Waals surface area (Å²) in [6.07, 6.45) is 5.13. The first kappa shape index (κ1) is 15.2. The van der Waals surface area contributed by atoms with Crippen molar-refractivity contribution in [3.05, 3.63) is 52.5 Å². The van der Waals surface area contributed by atoms with Crippen molar-refractivity contribution in [1.29, 1.82) is 0 Å². The third-order valence-corrected chi connectivity index (χ3v) is 5.35. The van der Waals surface area contributed by atoms with Gasteiger partial charge in [0.15, 0.2) is 4.93 Å². The van der Waals surface area contributed by atoms with E-state index in [0.29, 0.717) is 22.3 Å². The van der Waals surface area contributed by atoms with Crippen molar-refractivity contribution in [2.45, 2.75) is 17.6 Å². The molecule has 0 radical (unpaired) electrons. The Hall–Kier alpha value is -0.720. The average Bonchev–Trinajstić information content (AvgIpc) is 3.09. The number of halogens is 2. The number of aliphatic hydroxyl groups excluding tert-OH is 1. The van der Waals surface area contributed by atoms with E-state index in [1.807, 2.05) is 16.8 Å². The first-order chi connectivity index (χ1) is 10.1. The van der Waals surface area contributed by atoms with Gasteiger partial charge in [0.2, 0.25) is 0 Å². The highest BCUT2D eigenvalue weighted by Gasteiger charge is 2.44. The van der Waals surface area contributed by atoms with Crippen molar-refractivity contribution >= 4 is 35.0 Å². The Labute approximate surface area is 137 Å². The molecule has 2 heterocycles. The fraction of sp³-hybridized carbons (Fsp3) is 0.357. The lowest BCUT2D eigenvalue weighted by molar-refractivity contribution is -0.0428. The number of aromatic nitrogens is 2. The van der Waals surface area contributed by atoms with Gasteiger partial charge in [-0.3, -0.25) is 0 Å². The highest BCUT2D eigenvalue weighted by Crippen LogP contribution is 2.48. The minimum absolute atomic E-state index is 0.0100. The molecule has 112 valence electrons. The number of benzene rings is 1. The van der Waals surface area contributed by atoms with E-state index < -0.39 is 4.93 Å². The molecule has 1 aromatic carbocycles. The van der Waals surface area contributed by atoms with Crippen molar-refractivity contribution in [2.75, 3.05) is 12.4 Å². The second-order valence-corrected chi connectivity index (χ2v) is 6.97. The summed E-state index contributed by atoms with van der Waals surface area (Å²) in [6, 6.07) is 5.40. The third-order valence-electron chi connectivity index (χ3n) is 3.35. The molecule has 2 atom stereocenters. The fourth-order valence-corrected chi connectivity index (χ4v) is 4.41. The van der Waals surface area contributed by atoms with Gasteiger partial charge < -0.3 is 14.4 Å². The summed E-state index contributed by atoms with van der Waals surface area (Å²) < 4.78 is 8.06. The predicted molar refractivity (Wildman–Crippen MR) is 84.8 cm³/mol. The maximum absolute atomic E-state index is 9.37. The normalized spacial score (nSPS) is 25.4. The number of hydrogen-bond acceptors (Lipinski definition) is 4. The lowest BCUT2D eigenvalue weighted by Gasteiger charge is -2.30. The summed E-state index contributed by atoms with van der Waals surface area (Å²) in [5, 5.41) is 10.5. The zero-order valence-corrected chi connectivity index (χ0v) is 13.4. The molecule has 0 bridgehead atoms. The van der Waals surface area contributed by atoms with Crippen LogP contribution < -0.4 is 0 Å². The number of nitrogens with zero attached hydrogens (tertiary/aromatic N) is 2. The fourth-order valence-electron chi connectivity index (χ4n) is 2.38. The van der Waals surface area contributed by atoms with Crippen LogP contribution in [0.25, 0.3) is 0 Å². The molecule has 1 aliphatic rings. The summed E-state index contributed by atoms with van der Waals surface area (Å²) in [6.45, 7) is 0.555. The third kappa shape index (κ3) is 3.07. The van der Waals surface area contributed by atoms with Crippen LogP contribution in [0.5, 0.6) is 0 Å². The quantitative estimate of drug-likeness (QED) is 0.925. The highest BCUT2D eigenvalue weighted by molar-refractivity contribution is 8.00. The molecule has 0 aliphatic carbocycles. The van der Waals surface area contributed by atoms with Crippen molar-refractivity contribution < 1.29 is 9.84 Å². The van der Waals surface area contributed by atoms with Crippen LogP contribution in [0.4, 0.5) is 0 Å². The van der Waals surface area contributed by atoms with Gasteiger partial charge in [-0.1, -0.05) is 29.3 Å². The molecule has 1 saturated heterocycles. The molecule has 21 heavy (non-hydrogen) atoms. The van der Waals surface area contributed by atoms with E-state index in [9.17, 15) is 5.11 Å². The van der Waals surface area contributed by atoms with Crippen molar-refractivity contribution in [3.63, 3.8) is 0 Å². The summed E-state index contributed by atoms with van der Waals surface area (Å²) in [4.78, 5) is 3.42. The van der Waals surface area contributed by atoms with Gasteiger partial charge >= 0.3 is 0 Å². The van der Waals surface area contributed by atoms with Crippen LogP contribution in [0.2, 0.25) is 10.0 Å². The summed E-state index contributed by atoms with van der Waals surface area (Å²) in [5.74, 6) is 0.712. The Bertz CT molecular complexity index is 623. The van der Waals surface area contributed by atoms with E-state index >= 15 is 0 Å². The van der Waals surface area contributed by atoms with Gasteiger partial charge in [0, 0.05) is 33.8 Å². The maximum Gasteiger partial charge on any atom is 0.159 e. The molecule has 1 fully saturated rings. The van der Waals surface area contributed by atoms with Crippen LogP contribution >= 0.6 is 35.0 Å². The Kier molecular flexibility index (Phi) is 4.47. The van der Waals surface area contributed by atoms with Crippen LogP contribution in [-0.4, -0.2) is 33.1 Å². The standard InChI is InChI=1S/C14H14Cl2N2O2S/c15-10-1-2-12(13(16)5-10)14(8-18-4-3-17-9-18)20-11(6-19)7-21-14/h1-5,9,11,19H,6-8H2/t11-,14+/m0/s1. The van der Waals surface area contributed by atoms with E-state index in [1.165, 1.54) is 0 Å². The van der Waals surface area contributed by atoms with Crippen LogP contribution in [-0.2, 0) is 16.2 Å². The van der Waals surface area contributed by atoms with Crippen LogP contribution in [0.3, 0.4) is 0 Å². The van der Waals surface area contributed by atoms with Crippen molar-refractivity contribution in [3.8, 4) is 0 Å². The Morgan fingerprint density at radius 2 is 2.33 bits per heavy atom. The van der Waals surface area contributed by atoms with E-state index in [-0.39, 0.29) is 12.7 Å². The number of aliphatic hydroxyl groups is 1. The van der Waals surface area contributed by atoms with Crippen LogP contribution in [0.15, 0.2) is 36.9 Å². The Balaban J connectivity index is 1.99. The van der Waals surface area contributed by atoms with Crippen molar-refractivity contribution in [2.24, 2.45) is 0 Å². The number of hydrogen-bond donors (Lipinski definition) is 1. The van der Waals surface area contributed by atoms with Gasteiger partial charge in [-0.2, -0.15) is 0 Å². The zero-order valence-electron chi connectivity index (χ0n) is 11.1. The number of ether oxygens (including phenoxy) is 1. The lowest BCUT2D eigenvalue weighted by atomic mass is 10.1. The van der Waals surface area contributed by atoms with Gasteiger partial charge in [0.25, 0.3) is 0 Å². The van der Waals surface area contributed by atoms with E-state index in [4.69, 9.17) is 27.9 Å². The largest absolute Gasteiger partial charge is 0.394 e. The van der Waals surface area contributed by atoms with Gasteiger partial charge in [0.05, 0.1) is 25.6 Å².